The van der Waals surface area contributed by atoms with Gasteiger partial charge < -0.3 is 4.90 Å². The summed E-state index contributed by atoms with van der Waals surface area (Å²) in [5.41, 5.74) is 2.78. The van der Waals surface area contributed by atoms with Crippen molar-refractivity contribution in [2.45, 2.75) is 39.5 Å². The van der Waals surface area contributed by atoms with Gasteiger partial charge in [0.05, 0.1) is 28.5 Å². The van der Waals surface area contributed by atoms with Gasteiger partial charge in [0.15, 0.2) is 0 Å². The van der Waals surface area contributed by atoms with Gasteiger partial charge in [0.1, 0.15) is 0 Å². The van der Waals surface area contributed by atoms with Crippen LogP contribution in [0.25, 0.3) is 11.3 Å². The Morgan fingerprint density at radius 1 is 1.31 bits per heavy atom. The Hall–Kier alpha value is -2.68. The molecule has 0 N–H and O–H groups in total. The molecule has 1 aliphatic rings. The van der Waals surface area contributed by atoms with Gasteiger partial charge in [-0.2, -0.15) is 18.3 Å². The van der Waals surface area contributed by atoms with Gasteiger partial charge in [0, 0.05) is 48.6 Å². The first-order chi connectivity index (χ1) is 13.7. The van der Waals surface area contributed by atoms with Gasteiger partial charge in [-0.25, -0.2) is 4.98 Å². The molecule has 1 amide bonds. The second-order valence-electron chi connectivity index (χ2n) is 7.06. The summed E-state index contributed by atoms with van der Waals surface area (Å²) in [5, 5.41) is 7.56. The molecule has 0 radical (unpaired) electrons. The van der Waals surface area contributed by atoms with Crippen LogP contribution in [0.5, 0.6) is 0 Å². The van der Waals surface area contributed by atoms with Crippen LogP contribution >= 0.6 is 11.3 Å². The van der Waals surface area contributed by atoms with E-state index in [2.05, 4.69) is 10.1 Å². The Bertz CT molecular complexity index is 1070. The standard InChI is InChI=1S/C20H19F3N4OS/c1-12-24-16(11-29-12)9-27-18-6-7-26(13(2)28)10-17(18)19(25-27)14-4-3-5-15(8-14)20(21,22)23/h3-5,8,11H,6-7,9-10H2,1-2H3. The summed E-state index contributed by atoms with van der Waals surface area (Å²) in [6.07, 6.45) is -3.83. The molecule has 29 heavy (non-hydrogen) atoms. The fourth-order valence-electron chi connectivity index (χ4n) is 3.60. The number of alkyl halides is 3. The van der Waals surface area contributed by atoms with Crippen LogP contribution in [0.2, 0.25) is 0 Å². The summed E-state index contributed by atoms with van der Waals surface area (Å²) in [4.78, 5) is 18.0. The molecule has 4 rings (SSSR count). The van der Waals surface area contributed by atoms with E-state index in [1.165, 1.54) is 13.0 Å². The molecule has 1 aromatic carbocycles. The van der Waals surface area contributed by atoms with Crippen LogP contribution in [0.4, 0.5) is 13.2 Å². The number of hydrogen-bond acceptors (Lipinski definition) is 4. The normalized spacial score (nSPS) is 14.2. The quantitative estimate of drug-likeness (QED) is 0.635. The molecule has 3 aromatic rings. The lowest BCUT2D eigenvalue weighted by molar-refractivity contribution is -0.137. The van der Waals surface area contributed by atoms with Crippen molar-refractivity contribution >= 4 is 17.2 Å². The van der Waals surface area contributed by atoms with Gasteiger partial charge in [-0.15, -0.1) is 11.3 Å². The Balaban J connectivity index is 1.80. The lowest BCUT2D eigenvalue weighted by Crippen LogP contribution is -2.34. The van der Waals surface area contributed by atoms with Crippen LogP contribution in [0.1, 0.15) is 34.4 Å². The van der Waals surface area contributed by atoms with Gasteiger partial charge in [-0.05, 0) is 19.1 Å². The molecule has 3 heterocycles. The van der Waals surface area contributed by atoms with E-state index in [0.29, 0.717) is 37.3 Å². The van der Waals surface area contributed by atoms with Gasteiger partial charge >= 0.3 is 6.18 Å². The van der Waals surface area contributed by atoms with Gasteiger partial charge in [-0.3, -0.25) is 9.48 Å². The third kappa shape index (κ3) is 3.91. The first-order valence-corrected chi connectivity index (χ1v) is 10.0. The molecular formula is C20H19F3N4OS. The first-order valence-electron chi connectivity index (χ1n) is 9.15. The zero-order valence-electron chi connectivity index (χ0n) is 16.0. The number of amides is 1. The Morgan fingerprint density at radius 2 is 2.10 bits per heavy atom. The van der Waals surface area contributed by atoms with Crippen LogP contribution < -0.4 is 0 Å². The molecule has 9 heteroatoms. The minimum Gasteiger partial charge on any atom is -0.338 e. The highest BCUT2D eigenvalue weighted by Gasteiger charge is 2.32. The lowest BCUT2D eigenvalue weighted by atomic mass is 9.99. The molecule has 0 unspecified atom stereocenters. The topological polar surface area (TPSA) is 51.0 Å². The van der Waals surface area contributed by atoms with E-state index in [1.54, 1.807) is 22.3 Å². The van der Waals surface area contributed by atoms with Crippen LogP contribution in [-0.4, -0.2) is 32.1 Å². The maximum Gasteiger partial charge on any atom is 0.416 e. The molecule has 0 spiro atoms. The number of fused-ring (bicyclic) bond motifs is 1. The number of nitrogens with zero attached hydrogens (tertiary/aromatic N) is 4. The number of halogens is 3. The maximum absolute atomic E-state index is 13.2. The molecule has 0 saturated carbocycles. The maximum atomic E-state index is 13.2. The summed E-state index contributed by atoms with van der Waals surface area (Å²) < 4.78 is 41.4. The zero-order valence-corrected chi connectivity index (χ0v) is 16.8. The number of carbonyl (C=O) groups is 1. The van der Waals surface area contributed by atoms with E-state index < -0.39 is 11.7 Å². The van der Waals surface area contributed by atoms with E-state index >= 15 is 0 Å². The van der Waals surface area contributed by atoms with Crippen molar-refractivity contribution in [3.05, 3.63) is 57.2 Å². The van der Waals surface area contributed by atoms with Crippen LogP contribution in [0.3, 0.4) is 0 Å². The summed E-state index contributed by atoms with van der Waals surface area (Å²) >= 11 is 1.54. The minimum atomic E-state index is -4.43. The molecule has 2 aromatic heterocycles. The number of benzene rings is 1. The van der Waals surface area contributed by atoms with Crippen molar-refractivity contribution in [1.29, 1.82) is 0 Å². The SMILES string of the molecule is CC(=O)N1CCc2c(c(-c3cccc(C(F)(F)F)c3)nn2Cc2csc(C)n2)C1. The highest BCUT2D eigenvalue weighted by atomic mass is 32.1. The monoisotopic (exact) mass is 420 g/mol. The Kier molecular flexibility index (Phi) is 4.94. The van der Waals surface area contributed by atoms with Crippen molar-refractivity contribution in [1.82, 2.24) is 19.7 Å². The van der Waals surface area contributed by atoms with Crippen molar-refractivity contribution in [3.63, 3.8) is 0 Å². The molecule has 0 fully saturated rings. The predicted octanol–water partition coefficient (Wildman–Crippen LogP) is 4.29. The van der Waals surface area contributed by atoms with Crippen LogP contribution in [0.15, 0.2) is 29.6 Å². The van der Waals surface area contributed by atoms with Crippen molar-refractivity contribution in [2.24, 2.45) is 0 Å². The number of aryl methyl sites for hydroxylation is 1. The van der Waals surface area contributed by atoms with Gasteiger partial charge in [-0.1, -0.05) is 12.1 Å². The Labute approximate surface area is 169 Å². The molecule has 152 valence electrons. The molecule has 0 aliphatic carbocycles. The zero-order chi connectivity index (χ0) is 20.8. The van der Waals surface area contributed by atoms with E-state index in [0.717, 1.165) is 34.1 Å². The summed E-state index contributed by atoms with van der Waals surface area (Å²) in [6, 6.07) is 5.18. The van der Waals surface area contributed by atoms with Gasteiger partial charge in [0.2, 0.25) is 5.91 Å². The number of rotatable bonds is 3. The lowest BCUT2D eigenvalue weighted by Gasteiger charge is -2.26. The average Bonchev–Trinajstić information content (AvgIpc) is 3.24. The molecule has 0 bridgehead atoms. The molecular weight excluding hydrogens is 401 g/mol. The molecule has 1 aliphatic heterocycles. The Morgan fingerprint density at radius 3 is 2.76 bits per heavy atom. The molecule has 5 nitrogen and oxygen atoms in total. The van der Waals surface area contributed by atoms with Crippen molar-refractivity contribution in [3.8, 4) is 11.3 Å². The van der Waals surface area contributed by atoms with E-state index in [9.17, 15) is 18.0 Å². The second kappa shape index (κ2) is 7.29. The number of thiazole rings is 1. The highest BCUT2D eigenvalue weighted by molar-refractivity contribution is 7.09. The number of carbonyl (C=O) groups excluding carboxylic acids is 1. The van der Waals surface area contributed by atoms with E-state index in [4.69, 9.17) is 0 Å². The average molecular weight is 420 g/mol. The van der Waals surface area contributed by atoms with Crippen molar-refractivity contribution < 1.29 is 18.0 Å². The second-order valence-corrected chi connectivity index (χ2v) is 8.12. The van der Waals surface area contributed by atoms with E-state index in [1.807, 2.05) is 17.0 Å². The van der Waals surface area contributed by atoms with E-state index in [-0.39, 0.29) is 5.91 Å². The predicted molar refractivity (Wildman–Crippen MR) is 103 cm³/mol. The third-order valence-electron chi connectivity index (χ3n) is 5.02. The fraction of sp³-hybridized carbons (Fsp3) is 0.350. The van der Waals surface area contributed by atoms with Crippen LogP contribution in [0, 0.1) is 6.92 Å². The largest absolute Gasteiger partial charge is 0.416 e. The summed E-state index contributed by atoms with van der Waals surface area (Å²) in [7, 11) is 0. The number of aromatic nitrogens is 3. The minimum absolute atomic E-state index is 0.0616. The van der Waals surface area contributed by atoms with Gasteiger partial charge in [0.25, 0.3) is 0 Å². The summed E-state index contributed by atoms with van der Waals surface area (Å²) in [5.74, 6) is -0.0616. The first kappa shape index (κ1) is 19.6. The van der Waals surface area contributed by atoms with Crippen LogP contribution in [-0.2, 0) is 30.5 Å². The molecule has 0 saturated heterocycles. The smallest absolute Gasteiger partial charge is 0.338 e. The molecule has 0 atom stereocenters. The third-order valence-corrected chi connectivity index (χ3v) is 5.84. The highest BCUT2D eigenvalue weighted by Crippen LogP contribution is 2.35. The summed E-state index contributed by atoms with van der Waals surface area (Å²) in [6.45, 7) is 4.77. The fourth-order valence-corrected chi connectivity index (χ4v) is 4.20. The van der Waals surface area contributed by atoms with Crippen molar-refractivity contribution in [2.75, 3.05) is 6.54 Å². The number of hydrogen-bond donors (Lipinski definition) is 0.